The Kier molecular flexibility index (Phi) is 6.19. The van der Waals surface area contributed by atoms with Gasteiger partial charge >= 0.3 is 0 Å². The summed E-state index contributed by atoms with van der Waals surface area (Å²) < 4.78 is 0. The van der Waals surface area contributed by atoms with Crippen LogP contribution in [0.2, 0.25) is 0 Å². The van der Waals surface area contributed by atoms with Gasteiger partial charge in [0.15, 0.2) is 0 Å². The standard InChI is InChI=1S/C18H31N3/c1-4-18(5-2)9-11-21(12-10-18)15-17-8-7-16(14-20-17)13-19-6-3/h7-8,14,19H,4-6,9-13,15H2,1-3H3. The molecule has 0 aliphatic carbocycles. The van der Waals surface area contributed by atoms with Crippen LogP contribution in [0.25, 0.3) is 0 Å². The van der Waals surface area contributed by atoms with Gasteiger partial charge in [-0.15, -0.1) is 0 Å². The molecule has 0 bridgehead atoms. The fourth-order valence-electron chi connectivity index (χ4n) is 3.29. The molecule has 0 amide bonds. The van der Waals surface area contributed by atoms with E-state index in [-0.39, 0.29) is 0 Å². The highest BCUT2D eigenvalue weighted by molar-refractivity contribution is 5.14. The van der Waals surface area contributed by atoms with E-state index in [0.29, 0.717) is 5.41 Å². The lowest BCUT2D eigenvalue weighted by atomic mass is 9.74. The second kappa shape index (κ2) is 7.90. The second-order valence-electron chi connectivity index (χ2n) is 6.42. The minimum Gasteiger partial charge on any atom is -0.313 e. The maximum absolute atomic E-state index is 4.62. The fourth-order valence-corrected chi connectivity index (χ4v) is 3.29. The Morgan fingerprint density at radius 2 is 1.86 bits per heavy atom. The topological polar surface area (TPSA) is 28.2 Å². The Hall–Kier alpha value is -0.930. The third-order valence-corrected chi connectivity index (χ3v) is 5.27. The van der Waals surface area contributed by atoms with E-state index >= 15 is 0 Å². The molecule has 21 heavy (non-hydrogen) atoms. The van der Waals surface area contributed by atoms with Gasteiger partial charge in [0.05, 0.1) is 5.69 Å². The van der Waals surface area contributed by atoms with Gasteiger partial charge in [-0.05, 0) is 49.5 Å². The predicted octanol–water partition coefficient (Wildman–Crippen LogP) is 3.59. The third kappa shape index (κ3) is 4.52. The first kappa shape index (κ1) is 16.4. The molecule has 0 aromatic carbocycles. The van der Waals surface area contributed by atoms with Crippen LogP contribution in [0.4, 0.5) is 0 Å². The SMILES string of the molecule is CCNCc1ccc(CN2CCC(CC)(CC)CC2)nc1. The Balaban J connectivity index is 1.83. The van der Waals surface area contributed by atoms with Crippen LogP contribution in [0.5, 0.6) is 0 Å². The van der Waals surface area contributed by atoms with Gasteiger partial charge in [0.1, 0.15) is 0 Å². The smallest absolute Gasteiger partial charge is 0.0544 e. The number of hydrogen-bond donors (Lipinski definition) is 1. The number of hydrogen-bond acceptors (Lipinski definition) is 3. The summed E-state index contributed by atoms with van der Waals surface area (Å²) >= 11 is 0. The van der Waals surface area contributed by atoms with Crippen molar-refractivity contribution in [3.8, 4) is 0 Å². The van der Waals surface area contributed by atoms with Crippen molar-refractivity contribution in [2.24, 2.45) is 5.41 Å². The third-order valence-electron chi connectivity index (χ3n) is 5.27. The number of piperidine rings is 1. The highest BCUT2D eigenvalue weighted by atomic mass is 15.1. The van der Waals surface area contributed by atoms with E-state index < -0.39 is 0 Å². The first-order valence-corrected chi connectivity index (χ1v) is 8.58. The van der Waals surface area contributed by atoms with Crippen LogP contribution < -0.4 is 5.32 Å². The number of pyridine rings is 1. The number of nitrogens with one attached hydrogen (secondary N) is 1. The maximum Gasteiger partial charge on any atom is 0.0544 e. The lowest BCUT2D eigenvalue weighted by Crippen LogP contribution is -2.39. The average molecular weight is 289 g/mol. The highest BCUT2D eigenvalue weighted by Gasteiger charge is 2.31. The van der Waals surface area contributed by atoms with Gasteiger partial charge in [-0.3, -0.25) is 9.88 Å². The molecule has 0 radical (unpaired) electrons. The predicted molar refractivity (Wildman–Crippen MR) is 89.1 cm³/mol. The molecule has 2 rings (SSSR count). The van der Waals surface area contributed by atoms with Gasteiger partial charge in [-0.2, -0.15) is 0 Å². The summed E-state index contributed by atoms with van der Waals surface area (Å²) in [5, 5.41) is 3.34. The van der Waals surface area contributed by atoms with E-state index in [1.807, 2.05) is 6.20 Å². The van der Waals surface area contributed by atoms with E-state index in [0.717, 1.165) is 19.6 Å². The minimum atomic E-state index is 0.611. The van der Waals surface area contributed by atoms with E-state index in [1.54, 1.807) is 0 Å². The molecule has 0 saturated carbocycles. The van der Waals surface area contributed by atoms with Crippen molar-refractivity contribution in [1.29, 1.82) is 0 Å². The van der Waals surface area contributed by atoms with Crippen LogP contribution in [-0.2, 0) is 13.1 Å². The number of likely N-dealkylation sites (tertiary alicyclic amines) is 1. The van der Waals surface area contributed by atoms with Crippen molar-refractivity contribution in [3.05, 3.63) is 29.6 Å². The first-order chi connectivity index (χ1) is 10.2. The molecule has 1 aromatic rings. The fraction of sp³-hybridized carbons (Fsp3) is 0.722. The number of rotatable bonds is 7. The molecular weight excluding hydrogens is 258 g/mol. The average Bonchev–Trinajstić information content (AvgIpc) is 2.55. The van der Waals surface area contributed by atoms with Gasteiger partial charge in [-0.25, -0.2) is 0 Å². The molecule has 1 aromatic heterocycles. The van der Waals surface area contributed by atoms with E-state index in [1.165, 1.54) is 50.0 Å². The molecule has 1 aliphatic rings. The molecule has 1 fully saturated rings. The van der Waals surface area contributed by atoms with Crippen LogP contribution in [-0.4, -0.2) is 29.5 Å². The monoisotopic (exact) mass is 289 g/mol. The highest BCUT2D eigenvalue weighted by Crippen LogP contribution is 2.38. The zero-order valence-electron chi connectivity index (χ0n) is 14.0. The van der Waals surface area contributed by atoms with Gasteiger partial charge in [-0.1, -0.05) is 39.7 Å². The second-order valence-corrected chi connectivity index (χ2v) is 6.42. The van der Waals surface area contributed by atoms with Gasteiger partial charge in [0, 0.05) is 19.3 Å². The van der Waals surface area contributed by atoms with Crippen LogP contribution in [0.3, 0.4) is 0 Å². The van der Waals surface area contributed by atoms with Crippen molar-refractivity contribution < 1.29 is 0 Å². The molecule has 2 heterocycles. The summed E-state index contributed by atoms with van der Waals surface area (Å²) in [5.74, 6) is 0. The van der Waals surface area contributed by atoms with Crippen molar-refractivity contribution in [3.63, 3.8) is 0 Å². The maximum atomic E-state index is 4.62. The molecule has 1 aliphatic heterocycles. The lowest BCUT2D eigenvalue weighted by Gasteiger charge is -2.40. The summed E-state index contributed by atoms with van der Waals surface area (Å²) in [5.41, 5.74) is 3.09. The molecule has 0 atom stereocenters. The number of nitrogens with zero attached hydrogens (tertiary/aromatic N) is 2. The van der Waals surface area contributed by atoms with Gasteiger partial charge in [0.25, 0.3) is 0 Å². The lowest BCUT2D eigenvalue weighted by molar-refractivity contribution is 0.0901. The minimum absolute atomic E-state index is 0.611. The summed E-state index contributed by atoms with van der Waals surface area (Å²) in [6, 6.07) is 4.39. The van der Waals surface area contributed by atoms with E-state index in [2.05, 4.69) is 48.1 Å². The molecule has 1 N–H and O–H groups in total. The van der Waals surface area contributed by atoms with Crippen LogP contribution in [0.1, 0.15) is 57.7 Å². The number of aromatic nitrogens is 1. The molecule has 3 nitrogen and oxygen atoms in total. The van der Waals surface area contributed by atoms with Crippen LogP contribution in [0.15, 0.2) is 18.3 Å². The quantitative estimate of drug-likeness (QED) is 0.831. The first-order valence-electron chi connectivity index (χ1n) is 8.58. The normalized spacial score (nSPS) is 18.8. The molecule has 0 spiro atoms. The van der Waals surface area contributed by atoms with Crippen LogP contribution >= 0.6 is 0 Å². The molecular formula is C18H31N3. The Morgan fingerprint density at radius 3 is 2.38 bits per heavy atom. The Labute approximate surface area is 130 Å². The molecule has 1 saturated heterocycles. The van der Waals surface area contributed by atoms with Crippen molar-refractivity contribution in [2.45, 2.75) is 59.5 Å². The Morgan fingerprint density at radius 1 is 1.14 bits per heavy atom. The zero-order chi connectivity index (χ0) is 15.1. The molecule has 3 heteroatoms. The summed E-state index contributed by atoms with van der Waals surface area (Å²) in [6.07, 6.45) is 7.37. The van der Waals surface area contributed by atoms with E-state index in [9.17, 15) is 0 Å². The van der Waals surface area contributed by atoms with E-state index in [4.69, 9.17) is 0 Å². The summed E-state index contributed by atoms with van der Waals surface area (Å²) in [6.45, 7) is 12.2. The van der Waals surface area contributed by atoms with Crippen LogP contribution in [0, 0.1) is 5.41 Å². The zero-order valence-corrected chi connectivity index (χ0v) is 14.0. The van der Waals surface area contributed by atoms with Gasteiger partial charge in [0.2, 0.25) is 0 Å². The van der Waals surface area contributed by atoms with Crippen molar-refractivity contribution >= 4 is 0 Å². The molecule has 118 valence electrons. The van der Waals surface area contributed by atoms with Crippen molar-refractivity contribution in [1.82, 2.24) is 15.2 Å². The summed E-state index contributed by atoms with van der Waals surface area (Å²) in [4.78, 5) is 7.19. The van der Waals surface area contributed by atoms with Gasteiger partial charge < -0.3 is 5.32 Å². The largest absolute Gasteiger partial charge is 0.313 e. The molecule has 0 unspecified atom stereocenters. The Bertz CT molecular complexity index is 399. The summed E-state index contributed by atoms with van der Waals surface area (Å²) in [7, 11) is 0. The van der Waals surface area contributed by atoms with Crippen molar-refractivity contribution in [2.75, 3.05) is 19.6 Å².